The largest absolute Gasteiger partial charge is 0.302 e. The number of piperidine rings is 1. The molecule has 1 aromatic rings. The number of carbonyl (C=O) groups excluding carboxylic acids is 1. The summed E-state index contributed by atoms with van der Waals surface area (Å²) in [4.78, 5) is 11.0. The Kier molecular flexibility index (Phi) is 4.50. The van der Waals surface area contributed by atoms with Gasteiger partial charge in [-0.2, -0.15) is 4.31 Å². The Labute approximate surface area is 122 Å². The Morgan fingerprint density at radius 2 is 2.00 bits per heavy atom. The average Bonchev–Trinajstić information content (AvgIpc) is 2.41. The Balaban J connectivity index is 2.46. The molecular formula is C12H13Cl2NO3S. The van der Waals surface area contributed by atoms with E-state index in [0.29, 0.717) is 24.3 Å². The van der Waals surface area contributed by atoms with Gasteiger partial charge in [-0.3, -0.25) is 0 Å². The zero-order chi connectivity index (χ0) is 14.0. The highest BCUT2D eigenvalue weighted by atomic mass is 35.5. The first kappa shape index (κ1) is 14.8. The van der Waals surface area contributed by atoms with E-state index in [-0.39, 0.29) is 9.92 Å². The van der Waals surface area contributed by atoms with Crippen molar-refractivity contribution in [3.05, 3.63) is 28.2 Å². The number of hydrogen-bond donors (Lipinski definition) is 0. The molecule has 0 aliphatic carbocycles. The van der Waals surface area contributed by atoms with Crippen molar-refractivity contribution in [2.45, 2.75) is 30.2 Å². The molecule has 4 nitrogen and oxygen atoms in total. The molecule has 0 aromatic heterocycles. The summed E-state index contributed by atoms with van der Waals surface area (Å²) in [7, 11) is -3.79. The van der Waals surface area contributed by atoms with Crippen molar-refractivity contribution in [2.24, 2.45) is 0 Å². The maximum atomic E-state index is 12.6. The van der Waals surface area contributed by atoms with E-state index in [1.165, 1.54) is 22.5 Å². The van der Waals surface area contributed by atoms with Gasteiger partial charge in [-0.15, -0.1) is 0 Å². The molecule has 104 valence electrons. The summed E-state index contributed by atoms with van der Waals surface area (Å²) < 4.78 is 26.3. The minimum Gasteiger partial charge on any atom is -0.302 e. The molecule has 1 atom stereocenters. The second-order valence-corrected chi connectivity index (χ2v) is 7.09. The van der Waals surface area contributed by atoms with Crippen LogP contribution in [0, 0.1) is 0 Å². The lowest BCUT2D eigenvalue weighted by molar-refractivity contribution is -0.111. The van der Waals surface area contributed by atoms with Crippen molar-refractivity contribution in [3.63, 3.8) is 0 Å². The zero-order valence-corrected chi connectivity index (χ0v) is 12.4. The van der Waals surface area contributed by atoms with E-state index in [1.54, 1.807) is 0 Å². The highest BCUT2D eigenvalue weighted by Crippen LogP contribution is 2.30. The molecule has 1 aliphatic heterocycles. The van der Waals surface area contributed by atoms with E-state index in [0.717, 1.165) is 12.8 Å². The number of rotatable bonds is 3. The lowest BCUT2D eigenvalue weighted by Gasteiger charge is -2.31. The molecule has 0 N–H and O–H groups in total. The first-order chi connectivity index (χ1) is 8.96. The van der Waals surface area contributed by atoms with Crippen molar-refractivity contribution < 1.29 is 13.2 Å². The average molecular weight is 322 g/mol. The van der Waals surface area contributed by atoms with Gasteiger partial charge in [0.05, 0.1) is 11.1 Å². The van der Waals surface area contributed by atoms with Gasteiger partial charge in [0, 0.05) is 11.6 Å². The van der Waals surface area contributed by atoms with Crippen molar-refractivity contribution in [1.82, 2.24) is 4.31 Å². The van der Waals surface area contributed by atoms with Crippen LogP contribution in [0.25, 0.3) is 0 Å². The standard InChI is InChI=1S/C12H13Cl2NO3S/c13-9-4-5-11(14)12(7-9)19(17,18)15-6-2-1-3-10(15)8-16/h4-5,7-8,10H,1-3,6H2. The number of benzene rings is 1. The van der Waals surface area contributed by atoms with Crippen LogP contribution in [0.5, 0.6) is 0 Å². The summed E-state index contributed by atoms with van der Waals surface area (Å²) in [6, 6.07) is 3.66. The first-order valence-electron chi connectivity index (χ1n) is 5.89. The van der Waals surface area contributed by atoms with E-state index >= 15 is 0 Å². The molecular weight excluding hydrogens is 309 g/mol. The Morgan fingerprint density at radius 3 is 2.68 bits per heavy atom. The minimum absolute atomic E-state index is 0.0459. The van der Waals surface area contributed by atoms with Gasteiger partial charge in [0.1, 0.15) is 11.2 Å². The molecule has 1 fully saturated rings. The molecule has 1 unspecified atom stereocenters. The maximum absolute atomic E-state index is 12.6. The third kappa shape index (κ3) is 2.94. The van der Waals surface area contributed by atoms with Gasteiger partial charge in [0.25, 0.3) is 0 Å². The van der Waals surface area contributed by atoms with Gasteiger partial charge in [0.15, 0.2) is 0 Å². The van der Waals surface area contributed by atoms with Gasteiger partial charge in [-0.05, 0) is 31.0 Å². The maximum Gasteiger partial charge on any atom is 0.245 e. The minimum atomic E-state index is -3.79. The molecule has 0 saturated carbocycles. The summed E-state index contributed by atoms with van der Waals surface area (Å²) in [5.41, 5.74) is 0. The topological polar surface area (TPSA) is 54.5 Å². The van der Waals surface area contributed by atoms with Crippen molar-refractivity contribution >= 4 is 39.5 Å². The van der Waals surface area contributed by atoms with Gasteiger partial charge >= 0.3 is 0 Å². The highest BCUT2D eigenvalue weighted by molar-refractivity contribution is 7.89. The van der Waals surface area contributed by atoms with Crippen LogP contribution >= 0.6 is 23.2 Å². The normalized spacial score (nSPS) is 21.3. The molecule has 1 saturated heterocycles. The van der Waals surface area contributed by atoms with Crippen molar-refractivity contribution in [1.29, 1.82) is 0 Å². The lowest BCUT2D eigenvalue weighted by atomic mass is 10.1. The monoisotopic (exact) mass is 321 g/mol. The number of halogens is 2. The fourth-order valence-corrected chi connectivity index (χ4v) is 4.54. The van der Waals surface area contributed by atoms with Gasteiger partial charge in [-0.25, -0.2) is 8.42 Å². The zero-order valence-electron chi connectivity index (χ0n) is 10.1. The number of carbonyl (C=O) groups is 1. The molecule has 19 heavy (non-hydrogen) atoms. The molecule has 0 amide bonds. The Bertz CT molecular complexity index is 589. The molecule has 1 aliphatic rings. The van der Waals surface area contributed by atoms with E-state index in [1.807, 2.05) is 0 Å². The molecule has 0 radical (unpaired) electrons. The van der Waals surface area contributed by atoms with E-state index in [9.17, 15) is 13.2 Å². The fraction of sp³-hybridized carbons (Fsp3) is 0.417. The number of sulfonamides is 1. The third-order valence-corrected chi connectivity index (χ3v) is 5.78. The fourth-order valence-electron chi connectivity index (χ4n) is 2.17. The summed E-state index contributed by atoms with van der Waals surface area (Å²) in [6.45, 7) is 0.328. The van der Waals surface area contributed by atoms with E-state index in [2.05, 4.69) is 0 Å². The van der Waals surface area contributed by atoms with Gasteiger partial charge in [-0.1, -0.05) is 29.6 Å². The van der Waals surface area contributed by atoms with Crippen LogP contribution in [0.2, 0.25) is 10.0 Å². The van der Waals surface area contributed by atoms with Crippen LogP contribution in [-0.2, 0) is 14.8 Å². The van der Waals surface area contributed by atoms with Crippen LogP contribution in [0.15, 0.2) is 23.1 Å². The van der Waals surface area contributed by atoms with Crippen LogP contribution in [0.3, 0.4) is 0 Å². The van der Waals surface area contributed by atoms with Crippen LogP contribution in [0.4, 0.5) is 0 Å². The molecule has 7 heteroatoms. The SMILES string of the molecule is O=CC1CCCCN1S(=O)(=O)c1cc(Cl)ccc1Cl. The predicted molar refractivity (Wildman–Crippen MR) is 74.1 cm³/mol. The first-order valence-corrected chi connectivity index (χ1v) is 8.08. The van der Waals surface area contributed by atoms with Crippen molar-refractivity contribution in [2.75, 3.05) is 6.54 Å². The van der Waals surface area contributed by atoms with Crippen molar-refractivity contribution in [3.8, 4) is 0 Å². The van der Waals surface area contributed by atoms with Gasteiger partial charge < -0.3 is 4.79 Å². The quantitative estimate of drug-likeness (QED) is 0.804. The van der Waals surface area contributed by atoms with Gasteiger partial charge in [0.2, 0.25) is 10.0 Å². The third-order valence-electron chi connectivity index (χ3n) is 3.14. The highest BCUT2D eigenvalue weighted by Gasteiger charge is 2.34. The summed E-state index contributed by atoms with van der Waals surface area (Å²) in [5.74, 6) is 0. The van der Waals surface area contributed by atoms with Crippen LogP contribution in [0.1, 0.15) is 19.3 Å². The van der Waals surface area contributed by atoms with E-state index in [4.69, 9.17) is 23.2 Å². The molecule has 0 spiro atoms. The summed E-state index contributed by atoms with van der Waals surface area (Å²) >= 11 is 11.8. The molecule has 2 rings (SSSR count). The Morgan fingerprint density at radius 1 is 1.26 bits per heavy atom. The molecule has 1 aromatic carbocycles. The Hall–Kier alpha value is -0.620. The summed E-state index contributed by atoms with van der Waals surface area (Å²) in [6.07, 6.45) is 2.80. The predicted octanol–water partition coefficient (Wildman–Crippen LogP) is 2.74. The smallest absolute Gasteiger partial charge is 0.245 e. The van der Waals surface area contributed by atoms with Crippen LogP contribution < -0.4 is 0 Å². The molecule has 1 heterocycles. The lowest BCUT2D eigenvalue weighted by Crippen LogP contribution is -2.44. The van der Waals surface area contributed by atoms with Crippen LogP contribution in [-0.4, -0.2) is 31.6 Å². The second-order valence-electron chi connectivity index (χ2n) is 4.39. The number of nitrogens with zero attached hydrogens (tertiary/aromatic N) is 1. The number of aldehydes is 1. The summed E-state index contributed by atoms with van der Waals surface area (Å²) in [5, 5.41) is 0.405. The molecule has 0 bridgehead atoms. The van der Waals surface area contributed by atoms with E-state index < -0.39 is 16.1 Å². The second kappa shape index (κ2) is 5.79. The number of hydrogen-bond acceptors (Lipinski definition) is 3.